The van der Waals surface area contributed by atoms with Crippen LogP contribution >= 0.6 is 11.6 Å². The number of rotatable bonds is 8. The van der Waals surface area contributed by atoms with Gasteiger partial charge in [-0.1, -0.05) is 25.4 Å². The van der Waals surface area contributed by atoms with Crippen molar-refractivity contribution in [3.05, 3.63) is 28.8 Å². The van der Waals surface area contributed by atoms with Gasteiger partial charge in [0.2, 0.25) is 15.9 Å². The Balaban J connectivity index is 2.03. The minimum Gasteiger partial charge on any atom is -0.351 e. The molecule has 1 fully saturated rings. The number of likely N-dealkylation sites (tertiary alicyclic amines) is 1. The smallest absolute Gasteiger partial charge is 0.252 e. The van der Waals surface area contributed by atoms with Crippen molar-refractivity contribution in [1.29, 1.82) is 0 Å². The maximum Gasteiger partial charge on any atom is 0.252 e. The molecule has 1 aliphatic heterocycles. The lowest BCUT2D eigenvalue weighted by atomic mass is 10.1. The zero-order chi connectivity index (χ0) is 20.7. The number of nitrogens with zero attached hydrogens (tertiary/aromatic N) is 2. The van der Waals surface area contributed by atoms with Crippen LogP contribution in [0.2, 0.25) is 5.02 Å². The highest BCUT2D eigenvalue weighted by Crippen LogP contribution is 2.23. The highest BCUT2D eigenvalue weighted by atomic mass is 35.5. The third kappa shape index (κ3) is 5.46. The predicted octanol–water partition coefficient (Wildman–Crippen LogP) is 2.50. The van der Waals surface area contributed by atoms with Crippen molar-refractivity contribution in [2.24, 2.45) is 0 Å². The standard InChI is InChI=1S/C19H28ClN3O4S/c1-3-23(4-2)28(26,27)15-8-9-17(20)16(14-15)19(25)21-11-10-18(24)22-12-6-5-7-13-22/h8-9,14H,3-7,10-13H2,1-2H3,(H,21,25). The number of amides is 2. The Hall–Kier alpha value is -1.64. The van der Waals surface area contributed by atoms with Gasteiger partial charge in [0.15, 0.2) is 0 Å². The molecule has 0 spiro atoms. The van der Waals surface area contributed by atoms with Gasteiger partial charge in [0.1, 0.15) is 0 Å². The molecule has 2 amide bonds. The van der Waals surface area contributed by atoms with Gasteiger partial charge in [-0.2, -0.15) is 4.31 Å². The molecular weight excluding hydrogens is 402 g/mol. The van der Waals surface area contributed by atoms with Crippen molar-refractivity contribution >= 4 is 33.4 Å². The highest BCUT2D eigenvalue weighted by Gasteiger charge is 2.24. The summed E-state index contributed by atoms with van der Waals surface area (Å²) in [6.45, 7) is 5.89. The number of halogens is 1. The minimum absolute atomic E-state index is 0.0176. The lowest BCUT2D eigenvalue weighted by Crippen LogP contribution is -2.37. The summed E-state index contributed by atoms with van der Waals surface area (Å²) in [5.74, 6) is -0.475. The van der Waals surface area contributed by atoms with E-state index in [1.165, 1.54) is 22.5 Å². The van der Waals surface area contributed by atoms with E-state index in [9.17, 15) is 18.0 Å². The second-order valence-corrected chi connectivity index (χ2v) is 9.02. The van der Waals surface area contributed by atoms with E-state index >= 15 is 0 Å². The van der Waals surface area contributed by atoms with Crippen LogP contribution in [0.5, 0.6) is 0 Å². The molecule has 0 aliphatic carbocycles. The number of benzene rings is 1. The Morgan fingerprint density at radius 3 is 2.39 bits per heavy atom. The summed E-state index contributed by atoms with van der Waals surface area (Å²) in [6.07, 6.45) is 3.38. The molecule has 0 bridgehead atoms. The molecule has 0 saturated carbocycles. The fourth-order valence-corrected chi connectivity index (χ4v) is 4.92. The van der Waals surface area contributed by atoms with E-state index in [1.807, 2.05) is 4.90 Å². The molecule has 1 heterocycles. The zero-order valence-electron chi connectivity index (χ0n) is 16.4. The molecular formula is C19H28ClN3O4S. The lowest BCUT2D eigenvalue weighted by molar-refractivity contribution is -0.131. The Kier molecular flexibility index (Phi) is 8.27. The Morgan fingerprint density at radius 1 is 1.14 bits per heavy atom. The maximum absolute atomic E-state index is 12.7. The Bertz CT molecular complexity index is 803. The Morgan fingerprint density at radius 2 is 1.79 bits per heavy atom. The molecule has 156 valence electrons. The number of nitrogens with one attached hydrogen (secondary N) is 1. The SMILES string of the molecule is CCN(CC)S(=O)(=O)c1ccc(Cl)c(C(=O)NCCC(=O)N2CCCCC2)c1. The van der Waals surface area contributed by atoms with Gasteiger partial charge < -0.3 is 10.2 Å². The molecule has 0 aromatic heterocycles. The van der Waals surface area contributed by atoms with Crippen LogP contribution in [0.25, 0.3) is 0 Å². The van der Waals surface area contributed by atoms with E-state index in [2.05, 4.69) is 5.32 Å². The van der Waals surface area contributed by atoms with E-state index in [4.69, 9.17) is 11.6 Å². The van der Waals surface area contributed by atoms with E-state index < -0.39 is 15.9 Å². The molecule has 1 aromatic carbocycles. The first-order chi connectivity index (χ1) is 13.3. The summed E-state index contributed by atoms with van der Waals surface area (Å²) in [5.41, 5.74) is 0.0836. The van der Waals surface area contributed by atoms with Gasteiger partial charge in [-0.15, -0.1) is 0 Å². The molecule has 1 saturated heterocycles. The third-order valence-corrected chi connectivity index (χ3v) is 7.23. The second-order valence-electron chi connectivity index (χ2n) is 6.68. The quantitative estimate of drug-likeness (QED) is 0.687. The summed E-state index contributed by atoms with van der Waals surface area (Å²) in [4.78, 5) is 26.5. The summed E-state index contributed by atoms with van der Waals surface area (Å²) in [5, 5.41) is 2.83. The van der Waals surface area contributed by atoms with Gasteiger partial charge in [0, 0.05) is 39.1 Å². The molecule has 28 heavy (non-hydrogen) atoms. The molecule has 9 heteroatoms. The van der Waals surface area contributed by atoms with Crippen molar-refractivity contribution < 1.29 is 18.0 Å². The normalized spacial score (nSPS) is 14.9. The van der Waals surface area contributed by atoms with Gasteiger partial charge in [0.25, 0.3) is 5.91 Å². The summed E-state index contributed by atoms with van der Waals surface area (Å²) >= 11 is 6.11. The van der Waals surface area contributed by atoms with E-state index in [0.717, 1.165) is 32.4 Å². The van der Waals surface area contributed by atoms with Gasteiger partial charge in [-0.25, -0.2) is 8.42 Å². The van der Waals surface area contributed by atoms with Crippen molar-refractivity contribution in [2.45, 2.75) is 44.4 Å². The topological polar surface area (TPSA) is 86.8 Å². The number of hydrogen-bond acceptors (Lipinski definition) is 4. The molecule has 1 aromatic rings. The van der Waals surface area contributed by atoms with Crippen molar-refractivity contribution in [2.75, 3.05) is 32.7 Å². The van der Waals surface area contributed by atoms with Crippen LogP contribution in [0.3, 0.4) is 0 Å². The van der Waals surface area contributed by atoms with Crippen LogP contribution in [0.15, 0.2) is 23.1 Å². The molecule has 1 aliphatic rings. The number of piperidine rings is 1. The van der Waals surface area contributed by atoms with Gasteiger partial charge in [-0.3, -0.25) is 9.59 Å². The van der Waals surface area contributed by atoms with Crippen LogP contribution in [-0.2, 0) is 14.8 Å². The summed E-state index contributed by atoms with van der Waals surface area (Å²) in [7, 11) is -3.69. The molecule has 2 rings (SSSR count). The average molecular weight is 430 g/mol. The van der Waals surface area contributed by atoms with E-state index in [-0.39, 0.29) is 34.4 Å². The number of sulfonamides is 1. The lowest BCUT2D eigenvalue weighted by Gasteiger charge is -2.26. The Labute approximate surface area is 172 Å². The molecule has 1 N–H and O–H groups in total. The van der Waals surface area contributed by atoms with Crippen LogP contribution in [0.4, 0.5) is 0 Å². The molecule has 0 atom stereocenters. The molecule has 0 radical (unpaired) electrons. The first kappa shape index (κ1) is 22.6. The number of hydrogen-bond donors (Lipinski definition) is 1. The number of carbonyl (C=O) groups is 2. The fraction of sp³-hybridized carbons (Fsp3) is 0.579. The molecule has 0 unspecified atom stereocenters. The highest BCUT2D eigenvalue weighted by molar-refractivity contribution is 7.89. The largest absolute Gasteiger partial charge is 0.351 e. The van der Waals surface area contributed by atoms with Crippen molar-refractivity contribution in [3.8, 4) is 0 Å². The van der Waals surface area contributed by atoms with E-state index in [0.29, 0.717) is 13.1 Å². The summed E-state index contributed by atoms with van der Waals surface area (Å²) in [6, 6.07) is 4.09. The van der Waals surface area contributed by atoms with Crippen LogP contribution in [0, 0.1) is 0 Å². The monoisotopic (exact) mass is 429 g/mol. The minimum atomic E-state index is -3.69. The van der Waals surface area contributed by atoms with Crippen LogP contribution < -0.4 is 5.32 Å². The third-order valence-electron chi connectivity index (χ3n) is 4.86. The van der Waals surface area contributed by atoms with Gasteiger partial charge in [0.05, 0.1) is 15.5 Å². The van der Waals surface area contributed by atoms with Gasteiger partial charge in [-0.05, 0) is 37.5 Å². The predicted molar refractivity (Wildman–Crippen MR) is 109 cm³/mol. The summed E-state index contributed by atoms with van der Waals surface area (Å²) < 4.78 is 26.6. The van der Waals surface area contributed by atoms with E-state index in [1.54, 1.807) is 13.8 Å². The van der Waals surface area contributed by atoms with Crippen molar-refractivity contribution in [1.82, 2.24) is 14.5 Å². The average Bonchev–Trinajstić information content (AvgIpc) is 2.69. The van der Waals surface area contributed by atoms with Gasteiger partial charge >= 0.3 is 0 Å². The second kappa shape index (κ2) is 10.2. The maximum atomic E-state index is 12.7. The molecule has 7 nitrogen and oxygen atoms in total. The zero-order valence-corrected chi connectivity index (χ0v) is 18.0. The van der Waals surface area contributed by atoms with Crippen LogP contribution in [0.1, 0.15) is 49.9 Å². The number of carbonyl (C=O) groups excluding carboxylic acids is 2. The fourth-order valence-electron chi connectivity index (χ4n) is 3.23. The van der Waals surface area contributed by atoms with Crippen LogP contribution in [-0.4, -0.2) is 62.2 Å². The first-order valence-corrected chi connectivity index (χ1v) is 11.5. The first-order valence-electron chi connectivity index (χ1n) is 9.67. The van der Waals surface area contributed by atoms with Crippen molar-refractivity contribution in [3.63, 3.8) is 0 Å².